The molecule has 10 rings (SSSR count). The average Bonchev–Trinajstić information content (AvgIpc) is 3.22. The van der Waals surface area contributed by atoms with Crippen LogP contribution in [-0.2, 0) is 0 Å². The minimum atomic E-state index is -2.89. The van der Waals surface area contributed by atoms with Gasteiger partial charge in [0.1, 0.15) is 11.5 Å². The highest BCUT2D eigenvalue weighted by Gasteiger charge is 2.54. The Morgan fingerprint density at radius 3 is 1.52 bits per heavy atom. The van der Waals surface area contributed by atoms with Crippen LogP contribution in [0, 0.1) is 0 Å². The van der Waals surface area contributed by atoms with Crippen LogP contribution < -0.4 is 45.9 Å². The third kappa shape index (κ3) is 4.76. The molecule has 4 heteroatoms. The van der Waals surface area contributed by atoms with Gasteiger partial charge in [0.2, 0.25) is 0 Å². The summed E-state index contributed by atoms with van der Waals surface area (Å²) in [5, 5.41) is 9.89. The van der Waals surface area contributed by atoms with Crippen LogP contribution >= 0.6 is 0 Å². The molecule has 0 amide bonds. The molecule has 1 spiro atoms. The van der Waals surface area contributed by atoms with Gasteiger partial charge < -0.3 is 9.64 Å². The third-order valence-electron chi connectivity index (χ3n) is 10.6. The Bertz CT molecular complexity index is 2510. The quantitative estimate of drug-likeness (QED) is 0.178. The maximum Gasteiger partial charge on any atom is 0.188 e. The van der Waals surface area contributed by atoms with Gasteiger partial charge in [-0.05, 0) is 80.4 Å². The van der Waals surface area contributed by atoms with Crippen molar-refractivity contribution in [1.82, 2.24) is 0 Å². The summed E-state index contributed by atoms with van der Waals surface area (Å²) in [5.41, 5.74) is 5.83. The van der Waals surface area contributed by atoms with Gasteiger partial charge >= 0.3 is 0 Å². The third-order valence-corrected chi connectivity index (χ3v) is 18.9. The van der Waals surface area contributed by atoms with Crippen LogP contribution in [0.25, 0.3) is 11.1 Å². The van der Waals surface area contributed by atoms with Crippen LogP contribution in [0.1, 0.15) is 0 Å². The Balaban J connectivity index is 1.27. The first-order valence-electron chi connectivity index (χ1n) is 17.9. The minimum absolute atomic E-state index is 0.964. The summed E-state index contributed by atoms with van der Waals surface area (Å²) in [5.74, 6) is 1.93. The molecule has 0 unspecified atom stereocenters. The average molecular weight is 697 g/mol. The molecule has 8 aromatic rings. The molecule has 0 aromatic heterocycles. The van der Waals surface area contributed by atoms with Crippen LogP contribution in [0.15, 0.2) is 206 Å². The zero-order valence-corrected chi connectivity index (χ0v) is 30.5. The molecule has 0 bridgehead atoms. The van der Waals surface area contributed by atoms with Crippen molar-refractivity contribution in [2.75, 3.05) is 4.90 Å². The van der Waals surface area contributed by atoms with Gasteiger partial charge in [0.25, 0.3) is 0 Å². The van der Waals surface area contributed by atoms with Gasteiger partial charge in [-0.15, -0.1) is 0 Å². The van der Waals surface area contributed by atoms with Crippen molar-refractivity contribution < 1.29 is 4.74 Å². The maximum absolute atomic E-state index is 6.74. The molecule has 0 atom stereocenters. The van der Waals surface area contributed by atoms with Crippen LogP contribution in [0.2, 0.25) is 0 Å². The summed E-state index contributed by atoms with van der Waals surface area (Å²) in [6.45, 7) is 0. The number of fused-ring (bicyclic) bond motifs is 8. The first-order valence-corrected chi connectivity index (χ1v) is 21.4. The largest absolute Gasteiger partial charge is 0.458 e. The monoisotopic (exact) mass is 696 g/mol. The number of para-hydroxylation sites is 3. The van der Waals surface area contributed by atoms with Gasteiger partial charge in [0.05, 0.1) is 0 Å². The first-order chi connectivity index (χ1) is 25.8. The van der Waals surface area contributed by atoms with Gasteiger partial charge in [-0.25, -0.2) is 0 Å². The molecule has 0 saturated carbocycles. The Morgan fingerprint density at radius 2 is 0.846 bits per heavy atom. The van der Waals surface area contributed by atoms with Gasteiger partial charge in [-0.1, -0.05) is 173 Å². The number of benzene rings is 8. The molecule has 8 aromatic carbocycles. The molecule has 245 valence electrons. The Morgan fingerprint density at radius 1 is 0.365 bits per heavy atom. The Hall–Kier alpha value is -6.21. The van der Waals surface area contributed by atoms with E-state index in [1.54, 1.807) is 0 Å². The molecule has 2 aliphatic rings. The van der Waals surface area contributed by atoms with E-state index in [9.17, 15) is 0 Å². The smallest absolute Gasteiger partial charge is 0.188 e. The lowest BCUT2D eigenvalue weighted by Crippen LogP contribution is -2.87. The fourth-order valence-corrected chi connectivity index (χ4v) is 18.1. The lowest BCUT2D eigenvalue weighted by atomic mass is 10.0. The fraction of sp³-hybridized carbons (Fsp3) is 0. The highest BCUT2D eigenvalue weighted by atomic mass is 28.3. The van der Waals surface area contributed by atoms with Crippen LogP contribution in [0.5, 0.6) is 11.5 Å². The molecule has 1 radical (unpaired) electrons. The van der Waals surface area contributed by atoms with Gasteiger partial charge in [-0.3, -0.25) is 0 Å². The van der Waals surface area contributed by atoms with E-state index in [2.05, 4.69) is 211 Å². The lowest BCUT2D eigenvalue weighted by molar-refractivity contribution is 0.487. The Kier molecular flexibility index (Phi) is 7.38. The summed E-state index contributed by atoms with van der Waals surface area (Å²) in [6.07, 6.45) is 0. The second kappa shape index (κ2) is 12.5. The van der Waals surface area contributed by atoms with Gasteiger partial charge in [-0.2, -0.15) is 0 Å². The predicted molar refractivity (Wildman–Crippen MR) is 221 cm³/mol. The molecule has 0 fully saturated rings. The molecule has 2 nitrogen and oxygen atoms in total. The van der Waals surface area contributed by atoms with Gasteiger partial charge in [0, 0.05) is 17.1 Å². The summed E-state index contributed by atoms with van der Waals surface area (Å²) in [4.78, 5) is 2.42. The molecule has 2 aliphatic heterocycles. The number of hydrogen-bond acceptors (Lipinski definition) is 2. The number of anilines is 3. The number of hydrogen-bond donors (Lipinski definition) is 0. The van der Waals surface area contributed by atoms with E-state index in [4.69, 9.17) is 4.74 Å². The van der Waals surface area contributed by atoms with Crippen LogP contribution in [-0.4, -0.2) is 16.9 Å². The van der Waals surface area contributed by atoms with Crippen molar-refractivity contribution in [3.63, 3.8) is 0 Å². The Labute approximate surface area is 307 Å². The zero-order valence-electron chi connectivity index (χ0n) is 28.5. The highest BCUT2D eigenvalue weighted by molar-refractivity contribution is 7.27. The predicted octanol–water partition coefficient (Wildman–Crippen LogP) is 7.14. The highest BCUT2D eigenvalue weighted by Crippen LogP contribution is 2.36. The maximum atomic E-state index is 6.74. The second-order valence-corrected chi connectivity index (χ2v) is 19.5. The molecule has 2 heterocycles. The van der Waals surface area contributed by atoms with E-state index < -0.39 is 16.9 Å². The van der Waals surface area contributed by atoms with Crippen molar-refractivity contribution in [3.8, 4) is 22.6 Å². The van der Waals surface area contributed by atoms with Crippen molar-refractivity contribution in [3.05, 3.63) is 206 Å². The number of nitrogens with zero attached hydrogens (tertiary/aromatic N) is 1. The van der Waals surface area contributed by atoms with Crippen molar-refractivity contribution in [2.24, 2.45) is 0 Å². The molecular weight excluding hydrogens is 663 g/mol. The summed E-state index contributed by atoms with van der Waals surface area (Å²) < 4.78 is 6.74. The molecule has 0 N–H and O–H groups in total. The van der Waals surface area contributed by atoms with E-state index in [1.165, 1.54) is 47.4 Å². The topological polar surface area (TPSA) is 12.5 Å². The van der Waals surface area contributed by atoms with E-state index >= 15 is 0 Å². The van der Waals surface area contributed by atoms with E-state index in [0.29, 0.717) is 0 Å². The summed E-state index contributed by atoms with van der Waals surface area (Å²) >= 11 is 0. The van der Waals surface area contributed by atoms with Crippen molar-refractivity contribution in [2.45, 2.75) is 0 Å². The molecule has 52 heavy (non-hydrogen) atoms. The van der Waals surface area contributed by atoms with E-state index in [-0.39, 0.29) is 0 Å². The van der Waals surface area contributed by atoms with E-state index in [1.807, 2.05) is 0 Å². The minimum Gasteiger partial charge on any atom is -0.458 e. The van der Waals surface area contributed by atoms with Gasteiger partial charge in [0.15, 0.2) is 16.9 Å². The zero-order chi connectivity index (χ0) is 34.5. The SMILES string of the molecule is c1ccc(-c2ccc(N(c3ccccc3)c3ccc4c(c3)[Si]3(c5ccccc5Oc5ccccc53)c3ccccc3[Si]4c3ccccc3)cc2)cc1. The van der Waals surface area contributed by atoms with Crippen molar-refractivity contribution in [1.29, 1.82) is 0 Å². The second-order valence-electron chi connectivity index (χ2n) is 13.4. The normalized spacial score (nSPS) is 13.6. The summed E-state index contributed by atoms with van der Waals surface area (Å²) in [6, 6.07) is 75.9. The first kappa shape index (κ1) is 30.6. The fourth-order valence-electron chi connectivity index (χ4n) is 8.47. The number of rotatable bonds is 5. The van der Waals surface area contributed by atoms with Crippen LogP contribution in [0.4, 0.5) is 17.1 Å². The van der Waals surface area contributed by atoms with Crippen molar-refractivity contribution >= 4 is 70.2 Å². The molecule has 0 saturated heterocycles. The van der Waals surface area contributed by atoms with Crippen LogP contribution in [0.3, 0.4) is 0 Å². The lowest BCUT2D eigenvalue weighted by Gasteiger charge is -2.46. The summed E-state index contributed by atoms with van der Waals surface area (Å²) in [7, 11) is -4.23. The standard InChI is InChI=1S/C48H34NOSi2/c1-4-16-35(17-5-1)36-28-30-38(31-29-36)49(37-18-6-2-7-19-37)39-32-33-44-48(34-39)52(45-25-13-10-22-41(45)50-42-23-11-14-26-46(42)52)47-27-15-12-24-43(47)51(44)40-20-8-3-9-21-40/h1-34H. The molecule has 0 aliphatic carbocycles. The molecular formula is C48H34NOSi2. The van der Waals surface area contributed by atoms with E-state index in [0.717, 1.165) is 28.6 Å². The number of ether oxygens (including phenoxy) is 1.